The third kappa shape index (κ3) is 4.39. The first-order valence-corrected chi connectivity index (χ1v) is 8.71. The van der Waals surface area contributed by atoms with Crippen LogP contribution in [0.2, 0.25) is 0 Å². The van der Waals surface area contributed by atoms with Gasteiger partial charge in [0.05, 0.1) is 12.3 Å². The van der Waals surface area contributed by atoms with Crippen LogP contribution in [0.25, 0.3) is 0 Å². The van der Waals surface area contributed by atoms with E-state index in [1.165, 1.54) is 0 Å². The molecule has 1 fully saturated rings. The molecular weight excluding hydrogens is 316 g/mol. The van der Waals surface area contributed by atoms with Gasteiger partial charge >= 0.3 is 0 Å². The zero-order chi connectivity index (χ0) is 17.9. The van der Waals surface area contributed by atoms with E-state index in [4.69, 9.17) is 10.5 Å². The van der Waals surface area contributed by atoms with Gasteiger partial charge in [-0.25, -0.2) is 9.97 Å². The van der Waals surface area contributed by atoms with E-state index in [1.54, 1.807) is 18.2 Å². The second-order valence-electron chi connectivity index (χ2n) is 7.23. The van der Waals surface area contributed by atoms with Crippen LogP contribution in [-0.4, -0.2) is 34.8 Å². The molecule has 6 nitrogen and oxygen atoms in total. The molecule has 4 N–H and O–H groups in total. The molecule has 0 aliphatic carbocycles. The third-order valence-electron chi connectivity index (χ3n) is 4.63. The van der Waals surface area contributed by atoms with E-state index in [1.807, 2.05) is 6.07 Å². The normalized spacial score (nSPS) is 15.9. The van der Waals surface area contributed by atoms with Gasteiger partial charge in [-0.15, -0.1) is 0 Å². The lowest BCUT2D eigenvalue weighted by atomic mass is 9.87. The maximum atomic E-state index is 9.55. The summed E-state index contributed by atoms with van der Waals surface area (Å²) in [4.78, 5) is 8.92. The second-order valence-corrected chi connectivity index (χ2v) is 7.23. The minimum Gasteiger partial charge on any atom is -0.508 e. The van der Waals surface area contributed by atoms with Crippen LogP contribution in [0.4, 0.5) is 5.95 Å². The van der Waals surface area contributed by atoms with Gasteiger partial charge in [-0.3, -0.25) is 0 Å². The third-order valence-corrected chi connectivity index (χ3v) is 4.63. The molecule has 6 heteroatoms. The number of ether oxygens (including phenoxy) is 1. The van der Waals surface area contributed by atoms with Gasteiger partial charge in [0, 0.05) is 23.1 Å². The summed E-state index contributed by atoms with van der Waals surface area (Å²) < 4.78 is 5.86. The first-order valence-electron chi connectivity index (χ1n) is 8.71. The number of benzene rings is 1. The fraction of sp³-hybridized carbons (Fsp3) is 0.474. The number of hydrogen-bond donors (Lipinski definition) is 3. The molecule has 0 saturated carbocycles. The van der Waals surface area contributed by atoms with Gasteiger partial charge in [-0.2, -0.15) is 0 Å². The Bertz CT molecular complexity index is 727. The van der Waals surface area contributed by atoms with Crippen LogP contribution in [0.3, 0.4) is 0 Å². The summed E-state index contributed by atoms with van der Waals surface area (Å²) in [6.07, 6.45) is 2.13. The van der Waals surface area contributed by atoms with Crippen molar-refractivity contribution in [2.45, 2.75) is 38.0 Å². The van der Waals surface area contributed by atoms with Crippen molar-refractivity contribution in [3.8, 4) is 11.5 Å². The number of nitrogens with one attached hydrogen (secondary N) is 1. The van der Waals surface area contributed by atoms with Crippen molar-refractivity contribution < 1.29 is 9.84 Å². The van der Waals surface area contributed by atoms with E-state index in [0.29, 0.717) is 24.2 Å². The van der Waals surface area contributed by atoms with Crippen molar-refractivity contribution in [1.82, 2.24) is 15.3 Å². The summed E-state index contributed by atoms with van der Waals surface area (Å²) >= 11 is 0. The van der Waals surface area contributed by atoms with Gasteiger partial charge in [0.25, 0.3) is 0 Å². The van der Waals surface area contributed by atoms with Crippen molar-refractivity contribution in [3.05, 3.63) is 41.7 Å². The van der Waals surface area contributed by atoms with E-state index in [0.717, 1.165) is 37.3 Å². The van der Waals surface area contributed by atoms with Gasteiger partial charge in [-0.05, 0) is 44.1 Å². The molecule has 0 radical (unpaired) electrons. The highest BCUT2D eigenvalue weighted by atomic mass is 16.5. The van der Waals surface area contributed by atoms with Crippen LogP contribution in [0, 0.1) is 0 Å². The average Bonchev–Trinajstić information content (AvgIpc) is 2.60. The number of phenolic OH excluding ortho intramolecular Hbond substituents is 1. The molecule has 0 unspecified atom stereocenters. The lowest BCUT2D eigenvalue weighted by molar-refractivity contribution is 0.236. The number of rotatable bonds is 5. The van der Waals surface area contributed by atoms with Crippen LogP contribution in [-0.2, 0) is 5.41 Å². The smallest absolute Gasteiger partial charge is 0.220 e. The van der Waals surface area contributed by atoms with E-state index < -0.39 is 0 Å². The Morgan fingerprint density at radius 2 is 2.00 bits per heavy atom. The highest BCUT2D eigenvalue weighted by Gasteiger charge is 2.27. The molecule has 0 amide bonds. The van der Waals surface area contributed by atoms with Crippen molar-refractivity contribution >= 4 is 5.95 Å². The molecule has 0 bridgehead atoms. The Balaban J connectivity index is 1.77. The Hall–Kier alpha value is -2.34. The summed E-state index contributed by atoms with van der Waals surface area (Å²) in [5.41, 5.74) is 7.55. The van der Waals surface area contributed by atoms with Gasteiger partial charge < -0.3 is 20.9 Å². The lowest BCUT2D eigenvalue weighted by Crippen LogP contribution is -2.30. The van der Waals surface area contributed by atoms with E-state index in [-0.39, 0.29) is 11.2 Å². The molecule has 25 heavy (non-hydrogen) atoms. The molecule has 1 saturated heterocycles. The molecular formula is C19H26N4O2. The molecule has 0 atom stereocenters. The fourth-order valence-electron chi connectivity index (χ4n) is 3.07. The Kier molecular flexibility index (Phi) is 5.08. The molecule has 1 aromatic heterocycles. The molecule has 134 valence electrons. The zero-order valence-corrected chi connectivity index (χ0v) is 14.8. The molecule has 2 heterocycles. The predicted octanol–water partition coefficient (Wildman–Crippen LogP) is 2.59. The molecule has 1 aliphatic rings. The van der Waals surface area contributed by atoms with Crippen LogP contribution in [0.5, 0.6) is 11.5 Å². The van der Waals surface area contributed by atoms with Gasteiger partial charge in [0.15, 0.2) is 0 Å². The summed E-state index contributed by atoms with van der Waals surface area (Å²) in [7, 11) is 0. The molecule has 3 rings (SSSR count). The first kappa shape index (κ1) is 17.5. The zero-order valence-electron chi connectivity index (χ0n) is 14.8. The minimum atomic E-state index is -0.329. The molecule has 1 aliphatic heterocycles. The predicted molar refractivity (Wildman–Crippen MR) is 97.9 cm³/mol. The van der Waals surface area contributed by atoms with Crippen molar-refractivity contribution in [1.29, 1.82) is 0 Å². The molecule has 2 aromatic rings. The summed E-state index contributed by atoms with van der Waals surface area (Å²) in [6.45, 7) is 6.59. The molecule has 0 spiro atoms. The lowest BCUT2D eigenvalue weighted by Gasteiger charge is -2.27. The van der Waals surface area contributed by atoms with Crippen LogP contribution < -0.4 is 15.8 Å². The quantitative estimate of drug-likeness (QED) is 0.773. The largest absolute Gasteiger partial charge is 0.508 e. The first-order chi connectivity index (χ1) is 11.9. The van der Waals surface area contributed by atoms with Gasteiger partial charge in [-0.1, -0.05) is 19.9 Å². The summed E-state index contributed by atoms with van der Waals surface area (Å²) in [5, 5.41) is 12.9. The Morgan fingerprint density at radius 3 is 2.72 bits per heavy atom. The van der Waals surface area contributed by atoms with Gasteiger partial charge in [0.2, 0.25) is 5.95 Å². The molecule has 1 aromatic carbocycles. The maximum Gasteiger partial charge on any atom is 0.220 e. The van der Waals surface area contributed by atoms with E-state index >= 15 is 0 Å². The number of nitrogen functional groups attached to an aromatic ring is 1. The van der Waals surface area contributed by atoms with Crippen LogP contribution >= 0.6 is 0 Å². The maximum absolute atomic E-state index is 9.55. The van der Waals surface area contributed by atoms with Crippen LogP contribution in [0.1, 0.15) is 44.0 Å². The fourth-order valence-corrected chi connectivity index (χ4v) is 3.07. The summed E-state index contributed by atoms with van der Waals surface area (Å²) in [5.74, 6) is 1.56. The van der Waals surface area contributed by atoms with Gasteiger partial charge in [0.1, 0.15) is 11.5 Å². The number of nitrogens with two attached hydrogens (primary N) is 1. The summed E-state index contributed by atoms with van der Waals surface area (Å²) in [6, 6.07) is 8.87. The number of piperidine rings is 1. The van der Waals surface area contributed by atoms with Crippen molar-refractivity contribution in [3.63, 3.8) is 0 Å². The minimum absolute atomic E-state index is 0.190. The number of nitrogens with zero attached hydrogens (tertiary/aromatic N) is 2. The SMILES string of the molecule is CC(C)(COc1cccc(O)c1)c1cc(C2CCNCC2)nc(N)n1. The number of aromatic nitrogens is 2. The van der Waals surface area contributed by atoms with Crippen molar-refractivity contribution in [2.24, 2.45) is 0 Å². The average molecular weight is 342 g/mol. The van der Waals surface area contributed by atoms with E-state index in [9.17, 15) is 5.11 Å². The Morgan fingerprint density at radius 1 is 1.24 bits per heavy atom. The monoisotopic (exact) mass is 342 g/mol. The van der Waals surface area contributed by atoms with Crippen molar-refractivity contribution in [2.75, 3.05) is 25.4 Å². The van der Waals surface area contributed by atoms with E-state index in [2.05, 4.69) is 35.2 Å². The van der Waals surface area contributed by atoms with Crippen LogP contribution in [0.15, 0.2) is 30.3 Å². The highest BCUT2D eigenvalue weighted by Crippen LogP contribution is 2.29. The second kappa shape index (κ2) is 7.27. The number of anilines is 1. The number of hydrogen-bond acceptors (Lipinski definition) is 6. The Labute approximate surface area is 148 Å². The topological polar surface area (TPSA) is 93.3 Å². The number of phenols is 1. The highest BCUT2D eigenvalue weighted by molar-refractivity contribution is 5.33. The number of aromatic hydroxyl groups is 1. The standard InChI is InChI=1S/C19H26N4O2/c1-19(2,12-25-15-5-3-4-14(24)10-15)17-11-16(22-18(20)23-17)13-6-8-21-9-7-13/h3-5,10-11,13,21,24H,6-9,12H2,1-2H3,(H2,20,22,23).